The second kappa shape index (κ2) is 4.98. The molecule has 1 aromatic rings. The molecule has 1 aliphatic rings. The van der Waals surface area contributed by atoms with Crippen LogP contribution in [0.2, 0.25) is 0 Å². The van der Waals surface area contributed by atoms with E-state index in [0.29, 0.717) is 0 Å². The number of benzene rings is 1. The van der Waals surface area contributed by atoms with Gasteiger partial charge in [-0.2, -0.15) is 0 Å². The Kier molecular flexibility index (Phi) is 3.62. The average molecular weight is 218 g/mol. The molecule has 2 heteroatoms. The topological polar surface area (TPSA) is 24.1 Å². The summed E-state index contributed by atoms with van der Waals surface area (Å²) in [5, 5.41) is 7.09. The minimum absolute atomic E-state index is 0.0733. The van der Waals surface area contributed by atoms with Gasteiger partial charge in [-0.15, -0.1) is 0 Å². The lowest BCUT2D eigenvalue weighted by Crippen LogP contribution is -2.40. The van der Waals surface area contributed by atoms with Crippen molar-refractivity contribution < 1.29 is 0 Å². The summed E-state index contributed by atoms with van der Waals surface area (Å²) < 4.78 is 0. The first-order chi connectivity index (χ1) is 7.68. The van der Waals surface area contributed by atoms with Crippen molar-refractivity contribution in [3.8, 4) is 0 Å². The van der Waals surface area contributed by atoms with Gasteiger partial charge < -0.3 is 10.6 Å². The summed E-state index contributed by atoms with van der Waals surface area (Å²) in [7, 11) is 0. The van der Waals surface area contributed by atoms with E-state index in [0.717, 1.165) is 19.0 Å². The van der Waals surface area contributed by atoms with Gasteiger partial charge in [0.05, 0.1) is 0 Å². The molecule has 1 aliphatic heterocycles. The van der Waals surface area contributed by atoms with Gasteiger partial charge in [0.25, 0.3) is 0 Å². The fraction of sp³-hybridized carbons (Fsp3) is 0.571. The zero-order valence-electron chi connectivity index (χ0n) is 10.3. The van der Waals surface area contributed by atoms with Crippen molar-refractivity contribution in [2.45, 2.75) is 25.8 Å². The Morgan fingerprint density at radius 1 is 1.31 bits per heavy atom. The summed E-state index contributed by atoms with van der Waals surface area (Å²) in [6.45, 7) is 7.96. The summed E-state index contributed by atoms with van der Waals surface area (Å²) in [6.07, 6.45) is 1.30. The molecule has 0 saturated carbocycles. The first kappa shape index (κ1) is 11.6. The molecule has 88 valence electrons. The Balaban J connectivity index is 1.92. The van der Waals surface area contributed by atoms with Crippen LogP contribution in [0.25, 0.3) is 0 Å². The normalized spacial score (nSPS) is 21.2. The van der Waals surface area contributed by atoms with E-state index in [4.69, 9.17) is 0 Å². The molecule has 0 aromatic heterocycles. The first-order valence-electron chi connectivity index (χ1n) is 6.20. The summed E-state index contributed by atoms with van der Waals surface area (Å²) in [5.74, 6) is 0.794. The van der Waals surface area contributed by atoms with E-state index in [1.165, 1.54) is 18.5 Å². The lowest BCUT2D eigenvalue weighted by Gasteiger charge is -2.28. The van der Waals surface area contributed by atoms with Crippen molar-refractivity contribution >= 4 is 0 Å². The van der Waals surface area contributed by atoms with Crippen LogP contribution in [-0.2, 0) is 5.54 Å². The number of hydrogen-bond donors (Lipinski definition) is 2. The molecule has 0 bridgehead atoms. The fourth-order valence-electron chi connectivity index (χ4n) is 2.25. The monoisotopic (exact) mass is 218 g/mol. The molecule has 16 heavy (non-hydrogen) atoms. The van der Waals surface area contributed by atoms with E-state index >= 15 is 0 Å². The van der Waals surface area contributed by atoms with Gasteiger partial charge in [-0.25, -0.2) is 0 Å². The highest BCUT2D eigenvalue weighted by Crippen LogP contribution is 2.20. The largest absolute Gasteiger partial charge is 0.316 e. The third-order valence-corrected chi connectivity index (χ3v) is 3.49. The van der Waals surface area contributed by atoms with Crippen LogP contribution in [0.5, 0.6) is 0 Å². The Morgan fingerprint density at radius 3 is 2.69 bits per heavy atom. The van der Waals surface area contributed by atoms with Crippen LogP contribution in [0, 0.1) is 5.92 Å². The van der Waals surface area contributed by atoms with Crippen LogP contribution < -0.4 is 10.6 Å². The van der Waals surface area contributed by atoms with Gasteiger partial charge >= 0.3 is 0 Å². The van der Waals surface area contributed by atoms with Crippen molar-refractivity contribution in [1.29, 1.82) is 0 Å². The van der Waals surface area contributed by atoms with Crippen LogP contribution >= 0.6 is 0 Å². The van der Waals surface area contributed by atoms with E-state index in [9.17, 15) is 0 Å². The van der Waals surface area contributed by atoms with Gasteiger partial charge in [-0.3, -0.25) is 0 Å². The summed E-state index contributed by atoms with van der Waals surface area (Å²) in [5.41, 5.74) is 1.44. The quantitative estimate of drug-likeness (QED) is 0.809. The Labute approximate surface area is 98.4 Å². The molecule has 0 unspecified atom stereocenters. The molecule has 0 aliphatic carbocycles. The molecule has 1 atom stereocenters. The van der Waals surface area contributed by atoms with E-state index in [1.54, 1.807) is 0 Å². The van der Waals surface area contributed by atoms with E-state index in [2.05, 4.69) is 54.8 Å². The minimum Gasteiger partial charge on any atom is -0.316 e. The second-order valence-electron chi connectivity index (χ2n) is 5.23. The lowest BCUT2D eigenvalue weighted by molar-refractivity contribution is 0.364. The van der Waals surface area contributed by atoms with Crippen LogP contribution in [-0.4, -0.2) is 19.6 Å². The first-order valence-corrected chi connectivity index (χ1v) is 6.20. The van der Waals surface area contributed by atoms with E-state index in [-0.39, 0.29) is 5.54 Å². The van der Waals surface area contributed by atoms with E-state index in [1.807, 2.05) is 0 Å². The molecule has 1 fully saturated rings. The smallest absolute Gasteiger partial charge is 0.0377 e. The predicted octanol–water partition coefficient (Wildman–Crippen LogP) is 2.12. The number of hydrogen-bond acceptors (Lipinski definition) is 2. The number of nitrogens with one attached hydrogen (secondary N) is 2. The van der Waals surface area contributed by atoms with Gasteiger partial charge in [0.15, 0.2) is 0 Å². The van der Waals surface area contributed by atoms with Crippen molar-refractivity contribution in [1.82, 2.24) is 10.6 Å². The van der Waals surface area contributed by atoms with Gasteiger partial charge in [-0.05, 0) is 44.8 Å². The maximum atomic E-state index is 3.68. The molecule has 1 heterocycles. The lowest BCUT2D eigenvalue weighted by atomic mass is 9.93. The SMILES string of the molecule is CC(C)(NC[C@@H]1CCNC1)c1ccccc1. The van der Waals surface area contributed by atoms with Crippen LogP contribution in [0.3, 0.4) is 0 Å². The maximum Gasteiger partial charge on any atom is 0.0377 e. The fourth-order valence-corrected chi connectivity index (χ4v) is 2.25. The Hall–Kier alpha value is -0.860. The Bertz CT molecular complexity index is 313. The minimum atomic E-state index is 0.0733. The summed E-state index contributed by atoms with van der Waals surface area (Å²) in [6, 6.07) is 10.7. The molecule has 2 rings (SSSR count). The van der Waals surface area contributed by atoms with Gasteiger partial charge in [0.2, 0.25) is 0 Å². The van der Waals surface area contributed by atoms with E-state index < -0.39 is 0 Å². The molecule has 2 N–H and O–H groups in total. The molecule has 1 saturated heterocycles. The molecule has 0 spiro atoms. The third-order valence-electron chi connectivity index (χ3n) is 3.49. The highest BCUT2D eigenvalue weighted by Gasteiger charge is 2.22. The summed E-state index contributed by atoms with van der Waals surface area (Å²) in [4.78, 5) is 0. The van der Waals surface area contributed by atoms with Crippen molar-refractivity contribution in [3.63, 3.8) is 0 Å². The van der Waals surface area contributed by atoms with Gasteiger partial charge in [0, 0.05) is 12.1 Å². The third kappa shape index (κ3) is 2.83. The van der Waals surface area contributed by atoms with Crippen molar-refractivity contribution in [2.75, 3.05) is 19.6 Å². The van der Waals surface area contributed by atoms with Crippen molar-refractivity contribution in [2.24, 2.45) is 5.92 Å². The van der Waals surface area contributed by atoms with Gasteiger partial charge in [-0.1, -0.05) is 30.3 Å². The van der Waals surface area contributed by atoms with Gasteiger partial charge in [0.1, 0.15) is 0 Å². The molecular formula is C14H22N2. The second-order valence-corrected chi connectivity index (χ2v) is 5.23. The molecule has 0 amide bonds. The standard InChI is InChI=1S/C14H22N2/c1-14(2,13-6-4-3-5-7-13)16-11-12-8-9-15-10-12/h3-7,12,15-16H,8-11H2,1-2H3/t12-/m1/s1. The zero-order chi connectivity index (χ0) is 11.4. The summed E-state index contributed by atoms with van der Waals surface area (Å²) >= 11 is 0. The van der Waals surface area contributed by atoms with Crippen LogP contribution in [0.15, 0.2) is 30.3 Å². The zero-order valence-corrected chi connectivity index (χ0v) is 10.3. The molecule has 0 radical (unpaired) electrons. The Morgan fingerprint density at radius 2 is 2.06 bits per heavy atom. The number of rotatable bonds is 4. The molecular weight excluding hydrogens is 196 g/mol. The van der Waals surface area contributed by atoms with Crippen molar-refractivity contribution in [3.05, 3.63) is 35.9 Å². The average Bonchev–Trinajstić information content (AvgIpc) is 2.81. The van der Waals surface area contributed by atoms with Crippen LogP contribution in [0.4, 0.5) is 0 Å². The molecule has 1 aromatic carbocycles. The highest BCUT2D eigenvalue weighted by molar-refractivity contribution is 5.22. The predicted molar refractivity (Wildman–Crippen MR) is 68.4 cm³/mol. The van der Waals surface area contributed by atoms with Crippen LogP contribution in [0.1, 0.15) is 25.8 Å². The molecule has 2 nitrogen and oxygen atoms in total. The maximum absolute atomic E-state index is 3.68. The highest BCUT2D eigenvalue weighted by atomic mass is 15.0.